The zero-order valence-corrected chi connectivity index (χ0v) is 10.8. The number of allylic oxidation sites excluding steroid dienone is 1. The summed E-state index contributed by atoms with van der Waals surface area (Å²) in [5.74, 6) is 1.78. The van der Waals surface area contributed by atoms with Crippen molar-refractivity contribution >= 4 is 0 Å². The molecule has 0 aliphatic heterocycles. The lowest BCUT2D eigenvalue weighted by Crippen LogP contribution is -2.22. The van der Waals surface area contributed by atoms with Crippen molar-refractivity contribution < 1.29 is 5.11 Å². The van der Waals surface area contributed by atoms with Gasteiger partial charge in [0.05, 0.1) is 6.10 Å². The van der Waals surface area contributed by atoms with Crippen molar-refractivity contribution in [2.75, 3.05) is 0 Å². The molecule has 1 saturated carbocycles. The monoisotopic (exact) mass is 210 g/mol. The topological polar surface area (TPSA) is 20.2 Å². The molecule has 1 aliphatic rings. The van der Waals surface area contributed by atoms with E-state index in [2.05, 4.69) is 39.8 Å². The summed E-state index contributed by atoms with van der Waals surface area (Å²) in [4.78, 5) is 0. The van der Waals surface area contributed by atoms with Crippen LogP contribution in [0.25, 0.3) is 0 Å². The SMILES string of the molecule is CC(O)C(C)/C=C/C1CCC(C)C1(C)C. The molecule has 1 fully saturated rings. The zero-order chi connectivity index (χ0) is 11.6. The molecule has 0 aromatic carbocycles. The molecule has 1 heteroatoms. The summed E-state index contributed by atoms with van der Waals surface area (Å²) in [6.45, 7) is 11.0. The molecule has 0 aromatic rings. The van der Waals surface area contributed by atoms with Crippen LogP contribution in [-0.4, -0.2) is 11.2 Å². The molecule has 0 heterocycles. The summed E-state index contributed by atoms with van der Waals surface area (Å²) >= 11 is 0. The summed E-state index contributed by atoms with van der Waals surface area (Å²) in [6.07, 6.45) is 6.93. The Morgan fingerprint density at radius 3 is 2.27 bits per heavy atom. The van der Waals surface area contributed by atoms with Crippen molar-refractivity contribution in [1.82, 2.24) is 0 Å². The van der Waals surface area contributed by atoms with Crippen LogP contribution in [0.2, 0.25) is 0 Å². The molecular formula is C14H26O. The van der Waals surface area contributed by atoms with Crippen LogP contribution in [0, 0.1) is 23.2 Å². The molecule has 0 aromatic heterocycles. The lowest BCUT2D eigenvalue weighted by molar-refractivity contribution is 0.156. The van der Waals surface area contributed by atoms with Crippen LogP contribution >= 0.6 is 0 Å². The van der Waals surface area contributed by atoms with Crippen LogP contribution in [0.4, 0.5) is 0 Å². The Hall–Kier alpha value is -0.300. The number of rotatable bonds is 3. The molecule has 0 radical (unpaired) electrons. The van der Waals surface area contributed by atoms with E-state index in [1.165, 1.54) is 12.8 Å². The van der Waals surface area contributed by atoms with Gasteiger partial charge in [-0.15, -0.1) is 0 Å². The van der Waals surface area contributed by atoms with Crippen molar-refractivity contribution in [3.05, 3.63) is 12.2 Å². The number of aliphatic hydroxyl groups is 1. The predicted octanol–water partition coefficient (Wildman–Crippen LogP) is 3.63. The minimum Gasteiger partial charge on any atom is -0.393 e. The summed E-state index contributed by atoms with van der Waals surface area (Å²) in [5, 5.41) is 9.43. The normalized spacial score (nSPS) is 34.5. The number of hydrogen-bond acceptors (Lipinski definition) is 1. The first kappa shape index (κ1) is 12.8. The predicted molar refractivity (Wildman–Crippen MR) is 65.7 cm³/mol. The van der Waals surface area contributed by atoms with Crippen LogP contribution in [0.3, 0.4) is 0 Å². The number of hydrogen-bond donors (Lipinski definition) is 1. The van der Waals surface area contributed by atoms with E-state index in [-0.39, 0.29) is 12.0 Å². The highest BCUT2D eigenvalue weighted by Gasteiger charge is 2.38. The minimum absolute atomic E-state index is 0.233. The van der Waals surface area contributed by atoms with E-state index >= 15 is 0 Å². The molecular weight excluding hydrogens is 184 g/mol. The second kappa shape index (κ2) is 4.69. The molecule has 0 spiro atoms. The van der Waals surface area contributed by atoms with Gasteiger partial charge in [0.2, 0.25) is 0 Å². The second-order valence-electron chi connectivity index (χ2n) is 5.89. The van der Waals surface area contributed by atoms with E-state index in [0.29, 0.717) is 11.3 Å². The van der Waals surface area contributed by atoms with E-state index in [1.54, 1.807) is 0 Å². The first-order valence-electron chi connectivity index (χ1n) is 6.22. The lowest BCUT2D eigenvalue weighted by Gasteiger charge is -2.29. The van der Waals surface area contributed by atoms with Crippen LogP contribution < -0.4 is 0 Å². The van der Waals surface area contributed by atoms with Gasteiger partial charge in [-0.3, -0.25) is 0 Å². The Bertz CT molecular complexity index is 227. The van der Waals surface area contributed by atoms with Crippen molar-refractivity contribution in [2.45, 2.75) is 53.6 Å². The molecule has 0 amide bonds. The fourth-order valence-corrected chi connectivity index (χ4v) is 2.35. The highest BCUT2D eigenvalue weighted by atomic mass is 16.3. The van der Waals surface area contributed by atoms with Crippen LogP contribution in [0.1, 0.15) is 47.5 Å². The van der Waals surface area contributed by atoms with Gasteiger partial charge in [0.1, 0.15) is 0 Å². The lowest BCUT2D eigenvalue weighted by atomic mass is 9.76. The van der Waals surface area contributed by atoms with Gasteiger partial charge in [-0.05, 0) is 42.9 Å². The Morgan fingerprint density at radius 2 is 1.87 bits per heavy atom. The standard InChI is InChI=1S/C14H26O/c1-10(12(3)15)6-8-13-9-7-11(2)14(13,4)5/h6,8,10-13,15H,7,9H2,1-5H3/b8-6+. The van der Waals surface area contributed by atoms with Gasteiger partial charge < -0.3 is 5.11 Å². The summed E-state index contributed by atoms with van der Waals surface area (Å²) in [6, 6.07) is 0. The Labute approximate surface area is 94.6 Å². The molecule has 0 saturated heterocycles. The van der Waals surface area contributed by atoms with E-state index in [0.717, 1.165) is 5.92 Å². The molecule has 0 bridgehead atoms. The third-order valence-electron chi connectivity index (χ3n) is 4.54. The first-order chi connectivity index (χ1) is 6.85. The van der Waals surface area contributed by atoms with Gasteiger partial charge in [0.15, 0.2) is 0 Å². The first-order valence-corrected chi connectivity index (χ1v) is 6.22. The van der Waals surface area contributed by atoms with Gasteiger partial charge in [-0.2, -0.15) is 0 Å². The van der Waals surface area contributed by atoms with Gasteiger partial charge in [0.25, 0.3) is 0 Å². The van der Waals surface area contributed by atoms with Crippen LogP contribution in [-0.2, 0) is 0 Å². The smallest absolute Gasteiger partial charge is 0.0572 e. The third-order valence-corrected chi connectivity index (χ3v) is 4.54. The van der Waals surface area contributed by atoms with Gasteiger partial charge in [-0.25, -0.2) is 0 Å². The fraction of sp³-hybridized carbons (Fsp3) is 0.857. The van der Waals surface area contributed by atoms with E-state index < -0.39 is 0 Å². The Morgan fingerprint density at radius 1 is 1.27 bits per heavy atom. The highest BCUT2D eigenvalue weighted by Crippen LogP contribution is 2.47. The van der Waals surface area contributed by atoms with Crippen molar-refractivity contribution in [3.8, 4) is 0 Å². The molecule has 1 rings (SSSR count). The summed E-state index contributed by atoms with van der Waals surface area (Å²) in [7, 11) is 0. The van der Waals surface area contributed by atoms with Crippen molar-refractivity contribution in [3.63, 3.8) is 0 Å². The van der Waals surface area contributed by atoms with Gasteiger partial charge in [0, 0.05) is 0 Å². The average Bonchev–Trinajstić information content (AvgIpc) is 2.39. The summed E-state index contributed by atoms with van der Waals surface area (Å²) in [5.41, 5.74) is 0.426. The van der Waals surface area contributed by atoms with Crippen molar-refractivity contribution in [2.24, 2.45) is 23.2 Å². The van der Waals surface area contributed by atoms with E-state index in [4.69, 9.17) is 0 Å². The second-order valence-corrected chi connectivity index (χ2v) is 5.89. The largest absolute Gasteiger partial charge is 0.393 e. The quantitative estimate of drug-likeness (QED) is 0.705. The highest BCUT2D eigenvalue weighted by molar-refractivity contribution is 5.03. The molecule has 15 heavy (non-hydrogen) atoms. The average molecular weight is 210 g/mol. The minimum atomic E-state index is -0.233. The molecule has 4 atom stereocenters. The maximum absolute atomic E-state index is 9.43. The van der Waals surface area contributed by atoms with Crippen molar-refractivity contribution in [1.29, 1.82) is 0 Å². The van der Waals surface area contributed by atoms with Gasteiger partial charge in [-0.1, -0.05) is 39.8 Å². The zero-order valence-electron chi connectivity index (χ0n) is 10.8. The molecule has 1 N–H and O–H groups in total. The van der Waals surface area contributed by atoms with E-state index in [1.807, 2.05) is 6.92 Å². The third kappa shape index (κ3) is 2.84. The van der Waals surface area contributed by atoms with E-state index in [9.17, 15) is 5.11 Å². The maximum Gasteiger partial charge on any atom is 0.0572 e. The molecule has 88 valence electrons. The van der Waals surface area contributed by atoms with Crippen LogP contribution in [0.5, 0.6) is 0 Å². The Kier molecular flexibility index (Phi) is 3.99. The molecule has 4 unspecified atom stereocenters. The number of aliphatic hydroxyl groups excluding tert-OH is 1. The summed E-state index contributed by atoms with van der Waals surface area (Å²) < 4.78 is 0. The van der Waals surface area contributed by atoms with Gasteiger partial charge >= 0.3 is 0 Å². The molecule has 1 nitrogen and oxygen atoms in total. The van der Waals surface area contributed by atoms with Crippen LogP contribution in [0.15, 0.2) is 12.2 Å². The fourth-order valence-electron chi connectivity index (χ4n) is 2.35. The maximum atomic E-state index is 9.43. The Balaban J connectivity index is 2.60. The molecule has 1 aliphatic carbocycles.